The van der Waals surface area contributed by atoms with Gasteiger partial charge in [0.25, 0.3) is 0 Å². The monoisotopic (exact) mass is 257 g/mol. The van der Waals surface area contributed by atoms with Crippen molar-refractivity contribution in [1.82, 2.24) is 4.90 Å². The molecular formula is C13H14F3NO. The van der Waals surface area contributed by atoms with Crippen LogP contribution in [0.15, 0.2) is 24.3 Å². The molecule has 1 saturated heterocycles. The highest BCUT2D eigenvalue weighted by molar-refractivity contribution is 5.87. The molecule has 5 heteroatoms. The summed E-state index contributed by atoms with van der Waals surface area (Å²) in [5.74, 6) is -0.0140. The standard InChI is InChI=1S/C13H14F3NO/c1-12(2)8-17(11(12)18)7-9-4-3-5-10(6-9)13(14,15)16/h3-6H,7-8H2,1-2H3. The zero-order valence-corrected chi connectivity index (χ0v) is 10.2. The van der Waals surface area contributed by atoms with Gasteiger partial charge in [-0.25, -0.2) is 0 Å². The van der Waals surface area contributed by atoms with Crippen molar-refractivity contribution in [3.8, 4) is 0 Å². The van der Waals surface area contributed by atoms with Crippen molar-refractivity contribution in [2.75, 3.05) is 6.54 Å². The molecule has 0 aliphatic carbocycles. The average molecular weight is 257 g/mol. The van der Waals surface area contributed by atoms with Crippen molar-refractivity contribution < 1.29 is 18.0 Å². The van der Waals surface area contributed by atoms with Gasteiger partial charge in [-0.2, -0.15) is 13.2 Å². The van der Waals surface area contributed by atoms with Gasteiger partial charge >= 0.3 is 6.18 Å². The van der Waals surface area contributed by atoms with E-state index in [1.807, 2.05) is 13.8 Å². The fraction of sp³-hybridized carbons (Fsp3) is 0.462. The van der Waals surface area contributed by atoms with Crippen LogP contribution in [0.4, 0.5) is 13.2 Å². The zero-order valence-electron chi connectivity index (χ0n) is 10.2. The summed E-state index contributed by atoms with van der Waals surface area (Å²) in [6.45, 7) is 4.49. The SMILES string of the molecule is CC1(C)CN(Cc2cccc(C(F)(F)F)c2)C1=O. The molecular weight excluding hydrogens is 243 g/mol. The Labute approximate surface area is 103 Å². The van der Waals surface area contributed by atoms with Gasteiger partial charge in [0.15, 0.2) is 0 Å². The number of rotatable bonds is 2. The van der Waals surface area contributed by atoms with Crippen LogP contribution in [0.25, 0.3) is 0 Å². The summed E-state index contributed by atoms with van der Waals surface area (Å²) >= 11 is 0. The normalized spacial score (nSPS) is 18.7. The Morgan fingerprint density at radius 2 is 2.00 bits per heavy atom. The molecule has 1 aliphatic rings. The summed E-state index contributed by atoms with van der Waals surface area (Å²) in [5.41, 5.74) is -0.539. The van der Waals surface area contributed by atoms with E-state index in [4.69, 9.17) is 0 Å². The van der Waals surface area contributed by atoms with E-state index in [0.717, 1.165) is 12.1 Å². The van der Waals surface area contributed by atoms with Gasteiger partial charge in [-0.1, -0.05) is 12.1 Å². The Balaban J connectivity index is 2.10. The summed E-state index contributed by atoms with van der Waals surface area (Å²) in [5, 5.41) is 0. The topological polar surface area (TPSA) is 20.3 Å². The maximum Gasteiger partial charge on any atom is 0.416 e. The van der Waals surface area contributed by atoms with Crippen molar-refractivity contribution in [3.05, 3.63) is 35.4 Å². The Morgan fingerprint density at radius 3 is 2.50 bits per heavy atom. The first-order valence-corrected chi connectivity index (χ1v) is 5.66. The van der Waals surface area contributed by atoms with Gasteiger partial charge in [0.1, 0.15) is 0 Å². The van der Waals surface area contributed by atoms with Crippen LogP contribution in [0.3, 0.4) is 0 Å². The minimum Gasteiger partial charge on any atom is -0.337 e. The fourth-order valence-corrected chi connectivity index (χ4v) is 2.15. The van der Waals surface area contributed by atoms with Crippen LogP contribution >= 0.6 is 0 Å². The number of carbonyl (C=O) groups excluding carboxylic acids is 1. The summed E-state index contributed by atoms with van der Waals surface area (Å²) in [4.78, 5) is 13.2. The lowest BCUT2D eigenvalue weighted by molar-refractivity contribution is -0.157. The highest BCUT2D eigenvalue weighted by atomic mass is 19.4. The van der Waals surface area contributed by atoms with E-state index in [0.29, 0.717) is 12.1 Å². The van der Waals surface area contributed by atoms with Gasteiger partial charge in [-0.3, -0.25) is 4.79 Å². The second kappa shape index (κ2) is 4.00. The lowest BCUT2D eigenvalue weighted by Gasteiger charge is -2.44. The van der Waals surface area contributed by atoms with Crippen molar-refractivity contribution in [1.29, 1.82) is 0 Å². The molecule has 18 heavy (non-hydrogen) atoms. The van der Waals surface area contributed by atoms with Crippen LogP contribution < -0.4 is 0 Å². The second-order valence-corrected chi connectivity index (χ2v) is 5.24. The van der Waals surface area contributed by atoms with E-state index in [9.17, 15) is 18.0 Å². The summed E-state index contributed by atoms with van der Waals surface area (Å²) in [6, 6.07) is 5.10. The largest absolute Gasteiger partial charge is 0.416 e. The molecule has 1 amide bonds. The van der Waals surface area contributed by atoms with Crippen LogP contribution in [0.2, 0.25) is 0 Å². The average Bonchev–Trinajstić information content (AvgIpc) is 2.27. The molecule has 0 unspecified atom stereocenters. The maximum atomic E-state index is 12.5. The first kappa shape index (κ1) is 12.9. The Hall–Kier alpha value is -1.52. The van der Waals surface area contributed by atoms with Crippen molar-refractivity contribution in [2.45, 2.75) is 26.6 Å². The molecule has 0 bridgehead atoms. The lowest BCUT2D eigenvalue weighted by Crippen LogP contribution is -2.57. The first-order chi connectivity index (χ1) is 8.20. The number of hydrogen-bond donors (Lipinski definition) is 0. The molecule has 0 spiro atoms. The summed E-state index contributed by atoms with van der Waals surface area (Å²) in [7, 11) is 0. The van der Waals surface area contributed by atoms with E-state index in [1.54, 1.807) is 11.0 Å². The van der Waals surface area contributed by atoms with Crippen LogP contribution in [0, 0.1) is 5.41 Å². The minimum atomic E-state index is -4.34. The molecule has 1 aromatic rings. The number of likely N-dealkylation sites (tertiary alicyclic amines) is 1. The summed E-state index contributed by atoms with van der Waals surface area (Å²) in [6.07, 6.45) is -4.34. The van der Waals surface area contributed by atoms with Gasteiger partial charge in [0, 0.05) is 13.1 Å². The van der Waals surface area contributed by atoms with Crippen molar-refractivity contribution in [2.24, 2.45) is 5.41 Å². The minimum absolute atomic E-state index is 0.0140. The molecule has 98 valence electrons. The van der Waals surface area contributed by atoms with Crippen LogP contribution in [0.5, 0.6) is 0 Å². The van der Waals surface area contributed by atoms with E-state index in [1.165, 1.54) is 6.07 Å². The quantitative estimate of drug-likeness (QED) is 0.746. The number of carbonyl (C=O) groups is 1. The number of halogens is 3. The molecule has 2 rings (SSSR count). The van der Waals surface area contributed by atoms with Gasteiger partial charge in [0.2, 0.25) is 5.91 Å². The number of β-lactam (4-membered cyclic amide) rings is 1. The maximum absolute atomic E-state index is 12.5. The van der Waals surface area contributed by atoms with Gasteiger partial charge in [0.05, 0.1) is 11.0 Å². The Bertz CT molecular complexity index is 479. The predicted molar refractivity (Wildman–Crippen MR) is 60.6 cm³/mol. The number of hydrogen-bond acceptors (Lipinski definition) is 1. The van der Waals surface area contributed by atoms with E-state index in [-0.39, 0.29) is 17.9 Å². The van der Waals surface area contributed by atoms with Crippen molar-refractivity contribution in [3.63, 3.8) is 0 Å². The first-order valence-electron chi connectivity index (χ1n) is 5.66. The molecule has 2 nitrogen and oxygen atoms in total. The van der Waals surface area contributed by atoms with Crippen molar-refractivity contribution >= 4 is 5.91 Å². The second-order valence-electron chi connectivity index (χ2n) is 5.24. The number of alkyl halides is 3. The Kier molecular flexibility index (Phi) is 2.87. The van der Waals surface area contributed by atoms with Crippen LogP contribution in [-0.4, -0.2) is 17.4 Å². The number of benzene rings is 1. The molecule has 0 N–H and O–H groups in total. The molecule has 0 aromatic heterocycles. The predicted octanol–water partition coefficient (Wildman–Crippen LogP) is 3.07. The van der Waals surface area contributed by atoms with E-state index in [2.05, 4.69) is 0 Å². The smallest absolute Gasteiger partial charge is 0.337 e. The van der Waals surface area contributed by atoms with Crippen LogP contribution in [-0.2, 0) is 17.5 Å². The molecule has 1 heterocycles. The van der Waals surface area contributed by atoms with Gasteiger partial charge in [-0.05, 0) is 31.5 Å². The lowest BCUT2D eigenvalue weighted by atomic mass is 9.83. The van der Waals surface area contributed by atoms with Gasteiger partial charge in [-0.15, -0.1) is 0 Å². The third kappa shape index (κ3) is 2.35. The molecule has 1 aliphatic heterocycles. The Morgan fingerprint density at radius 1 is 1.33 bits per heavy atom. The third-order valence-electron chi connectivity index (χ3n) is 3.08. The zero-order chi connectivity index (χ0) is 13.6. The number of amides is 1. The number of nitrogens with zero attached hydrogens (tertiary/aromatic N) is 1. The summed E-state index contributed by atoms with van der Waals surface area (Å²) < 4.78 is 37.6. The van der Waals surface area contributed by atoms with Gasteiger partial charge < -0.3 is 4.90 Å². The molecule has 0 radical (unpaired) electrons. The molecule has 1 fully saturated rings. The van der Waals surface area contributed by atoms with E-state index >= 15 is 0 Å². The molecule has 0 saturated carbocycles. The molecule has 1 aromatic carbocycles. The van der Waals surface area contributed by atoms with E-state index < -0.39 is 11.7 Å². The third-order valence-corrected chi connectivity index (χ3v) is 3.08. The molecule has 0 atom stereocenters. The van der Waals surface area contributed by atoms with Crippen LogP contribution in [0.1, 0.15) is 25.0 Å². The fourth-order valence-electron chi connectivity index (χ4n) is 2.15. The highest BCUT2D eigenvalue weighted by Gasteiger charge is 2.43. The highest BCUT2D eigenvalue weighted by Crippen LogP contribution is 2.33.